The lowest BCUT2D eigenvalue weighted by molar-refractivity contribution is 0.720. The fourth-order valence-corrected chi connectivity index (χ4v) is 1.79. The molecule has 0 fully saturated rings. The molecule has 0 bridgehead atoms. The predicted octanol–water partition coefficient (Wildman–Crippen LogP) is 2.63. The normalized spacial score (nSPS) is 12.4. The summed E-state index contributed by atoms with van der Waals surface area (Å²) in [5.41, 5.74) is 9.85. The third-order valence-corrected chi connectivity index (χ3v) is 2.68. The van der Waals surface area contributed by atoms with Crippen LogP contribution >= 0.6 is 0 Å². The number of rotatable bonds is 3. The molecule has 1 heterocycles. The summed E-state index contributed by atoms with van der Waals surface area (Å²) in [5, 5.41) is 0. The second-order valence-electron chi connectivity index (χ2n) is 4.08. The minimum absolute atomic E-state index is 0.0577. The molecule has 0 saturated carbocycles. The van der Waals surface area contributed by atoms with Crippen molar-refractivity contribution in [1.29, 1.82) is 0 Å². The minimum atomic E-state index is 0.0577. The summed E-state index contributed by atoms with van der Waals surface area (Å²) in [5.74, 6) is 0. The smallest absolute Gasteiger partial charge is 0.0335 e. The molecule has 0 radical (unpaired) electrons. The van der Waals surface area contributed by atoms with E-state index in [1.165, 1.54) is 16.7 Å². The highest BCUT2D eigenvalue weighted by molar-refractivity contribution is 5.26. The Kier molecular flexibility index (Phi) is 3.32. The molecule has 0 unspecified atom stereocenters. The Morgan fingerprint density at radius 3 is 2.62 bits per heavy atom. The number of nitrogens with zero attached hydrogens (tertiary/aromatic N) is 1. The molecule has 2 rings (SSSR count). The van der Waals surface area contributed by atoms with Crippen LogP contribution in [-0.2, 0) is 6.42 Å². The fraction of sp³-hybridized carbons (Fsp3) is 0.214. The van der Waals surface area contributed by atoms with Crippen LogP contribution in [0.1, 0.15) is 22.7 Å². The van der Waals surface area contributed by atoms with E-state index in [0.29, 0.717) is 0 Å². The lowest BCUT2D eigenvalue weighted by atomic mass is 9.99. The average molecular weight is 212 g/mol. The molecule has 82 valence electrons. The first-order valence-corrected chi connectivity index (χ1v) is 5.47. The molecular formula is C14H16N2. The average Bonchev–Trinajstić information content (AvgIpc) is 2.30. The SMILES string of the molecule is Cc1cccc([C@H](N)Cc2ccncc2)c1. The van der Waals surface area contributed by atoms with E-state index in [0.717, 1.165) is 6.42 Å². The molecule has 0 aliphatic rings. The first kappa shape index (κ1) is 10.8. The molecule has 16 heavy (non-hydrogen) atoms. The first-order valence-electron chi connectivity index (χ1n) is 5.47. The van der Waals surface area contributed by atoms with Crippen LogP contribution in [0, 0.1) is 6.92 Å². The van der Waals surface area contributed by atoms with Gasteiger partial charge in [-0.1, -0.05) is 29.8 Å². The number of pyridine rings is 1. The van der Waals surface area contributed by atoms with Gasteiger partial charge >= 0.3 is 0 Å². The van der Waals surface area contributed by atoms with Gasteiger partial charge < -0.3 is 5.73 Å². The first-order chi connectivity index (χ1) is 7.75. The van der Waals surface area contributed by atoms with Gasteiger partial charge in [-0.2, -0.15) is 0 Å². The maximum Gasteiger partial charge on any atom is 0.0335 e. The molecule has 2 heteroatoms. The van der Waals surface area contributed by atoms with Gasteiger partial charge in [-0.05, 0) is 36.6 Å². The zero-order chi connectivity index (χ0) is 11.4. The van der Waals surface area contributed by atoms with Gasteiger partial charge in [0.1, 0.15) is 0 Å². The van der Waals surface area contributed by atoms with E-state index < -0.39 is 0 Å². The van der Waals surface area contributed by atoms with Crippen LogP contribution in [0.2, 0.25) is 0 Å². The Bertz CT molecular complexity index is 451. The molecule has 0 amide bonds. The molecule has 2 nitrogen and oxygen atoms in total. The maximum atomic E-state index is 6.18. The molecule has 1 aromatic carbocycles. The van der Waals surface area contributed by atoms with Crippen molar-refractivity contribution in [1.82, 2.24) is 4.98 Å². The molecular weight excluding hydrogens is 196 g/mol. The lowest BCUT2D eigenvalue weighted by Crippen LogP contribution is -2.13. The van der Waals surface area contributed by atoms with E-state index >= 15 is 0 Å². The number of aromatic nitrogens is 1. The van der Waals surface area contributed by atoms with E-state index in [1.807, 2.05) is 12.1 Å². The van der Waals surface area contributed by atoms with Crippen molar-refractivity contribution in [3.05, 3.63) is 65.5 Å². The van der Waals surface area contributed by atoms with Gasteiger partial charge in [0.25, 0.3) is 0 Å². The van der Waals surface area contributed by atoms with Crippen molar-refractivity contribution in [3.8, 4) is 0 Å². The maximum absolute atomic E-state index is 6.18. The molecule has 2 N–H and O–H groups in total. The molecule has 0 saturated heterocycles. The van der Waals surface area contributed by atoms with E-state index in [-0.39, 0.29) is 6.04 Å². The Morgan fingerprint density at radius 2 is 1.94 bits per heavy atom. The predicted molar refractivity (Wildman–Crippen MR) is 66.0 cm³/mol. The highest BCUT2D eigenvalue weighted by Crippen LogP contribution is 2.16. The van der Waals surface area contributed by atoms with E-state index in [1.54, 1.807) is 12.4 Å². The van der Waals surface area contributed by atoms with Gasteiger partial charge in [0, 0.05) is 18.4 Å². The topological polar surface area (TPSA) is 38.9 Å². The molecule has 1 aromatic heterocycles. The second kappa shape index (κ2) is 4.90. The van der Waals surface area contributed by atoms with Crippen LogP contribution in [0.4, 0.5) is 0 Å². The van der Waals surface area contributed by atoms with Crippen LogP contribution in [-0.4, -0.2) is 4.98 Å². The summed E-state index contributed by atoms with van der Waals surface area (Å²) >= 11 is 0. The monoisotopic (exact) mass is 212 g/mol. The van der Waals surface area contributed by atoms with Crippen LogP contribution in [0.25, 0.3) is 0 Å². The second-order valence-corrected chi connectivity index (χ2v) is 4.08. The van der Waals surface area contributed by atoms with Gasteiger partial charge in [-0.3, -0.25) is 4.98 Å². The van der Waals surface area contributed by atoms with E-state index in [4.69, 9.17) is 5.73 Å². The molecule has 2 aromatic rings. The molecule has 0 aliphatic carbocycles. The van der Waals surface area contributed by atoms with Crippen LogP contribution in [0.15, 0.2) is 48.8 Å². The van der Waals surface area contributed by atoms with Crippen molar-refractivity contribution in [2.24, 2.45) is 5.73 Å². The summed E-state index contributed by atoms with van der Waals surface area (Å²) < 4.78 is 0. The van der Waals surface area contributed by atoms with Crippen LogP contribution < -0.4 is 5.73 Å². The number of hydrogen-bond acceptors (Lipinski definition) is 2. The Morgan fingerprint density at radius 1 is 1.19 bits per heavy atom. The van der Waals surface area contributed by atoms with Crippen molar-refractivity contribution in [2.75, 3.05) is 0 Å². The van der Waals surface area contributed by atoms with Gasteiger partial charge in [0.15, 0.2) is 0 Å². The number of benzene rings is 1. The lowest BCUT2D eigenvalue weighted by Gasteiger charge is -2.12. The standard InChI is InChI=1S/C14H16N2/c1-11-3-2-4-13(9-11)14(15)10-12-5-7-16-8-6-12/h2-9,14H,10,15H2,1H3/t14-/m1/s1. The molecule has 1 atom stereocenters. The number of aryl methyl sites for hydroxylation is 1. The zero-order valence-corrected chi connectivity index (χ0v) is 9.43. The summed E-state index contributed by atoms with van der Waals surface area (Å²) in [6.45, 7) is 2.09. The van der Waals surface area contributed by atoms with Gasteiger partial charge in [0.05, 0.1) is 0 Å². The quantitative estimate of drug-likeness (QED) is 0.849. The van der Waals surface area contributed by atoms with E-state index in [2.05, 4.69) is 36.2 Å². The summed E-state index contributed by atoms with van der Waals surface area (Å²) in [7, 11) is 0. The van der Waals surface area contributed by atoms with Gasteiger partial charge in [0.2, 0.25) is 0 Å². The summed E-state index contributed by atoms with van der Waals surface area (Å²) in [6.07, 6.45) is 4.46. The highest BCUT2D eigenvalue weighted by Gasteiger charge is 2.06. The van der Waals surface area contributed by atoms with Crippen LogP contribution in [0.3, 0.4) is 0 Å². The summed E-state index contributed by atoms with van der Waals surface area (Å²) in [6, 6.07) is 12.4. The van der Waals surface area contributed by atoms with Crippen molar-refractivity contribution in [2.45, 2.75) is 19.4 Å². The van der Waals surface area contributed by atoms with Gasteiger partial charge in [-0.15, -0.1) is 0 Å². The van der Waals surface area contributed by atoms with Crippen molar-refractivity contribution >= 4 is 0 Å². The largest absolute Gasteiger partial charge is 0.324 e. The van der Waals surface area contributed by atoms with Crippen molar-refractivity contribution < 1.29 is 0 Å². The highest BCUT2D eigenvalue weighted by atomic mass is 14.6. The number of hydrogen-bond donors (Lipinski definition) is 1. The fourth-order valence-electron chi connectivity index (χ4n) is 1.79. The Hall–Kier alpha value is -1.67. The van der Waals surface area contributed by atoms with Crippen molar-refractivity contribution in [3.63, 3.8) is 0 Å². The molecule has 0 spiro atoms. The Labute approximate surface area is 96.1 Å². The minimum Gasteiger partial charge on any atom is -0.324 e. The van der Waals surface area contributed by atoms with Gasteiger partial charge in [-0.25, -0.2) is 0 Å². The Balaban J connectivity index is 2.12. The molecule has 0 aliphatic heterocycles. The van der Waals surface area contributed by atoms with E-state index in [9.17, 15) is 0 Å². The van der Waals surface area contributed by atoms with Crippen LogP contribution in [0.5, 0.6) is 0 Å². The third kappa shape index (κ3) is 2.67. The third-order valence-electron chi connectivity index (χ3n) is 2.68. The summed E-state index contributed by atoms with van der Waals surface area (Å²) in [4.78, 5) is 4.00. The number of nitrogens with two attached hydrogens (primary N) is 1. The zero-order valence-electron chi connectivity index (χ0n) is 9.43.